The van der Waals surface area contributed by atoms with Crippen molar-refractivity contribution in [1.82, 2.24) is 4.90 Å². The smallest absolute Gasteiger partial charge is 0.326 e. The normalized spacial score (nSPS) is 39.9. The van der Waals surface area contributed by atoms with E-state index in [0.717, 1.165) is 6.42 Å². The van der Waals surface area contributed by atoms with E-state index < -0.39 is 12.0 Å². The van der Waals surface area contributed by atoms with E-state index in [1.165, 1.54) is 25.7 Å². The van der Waals surface area contributed by atoms with Gasteiger partial charge in [-0.1, -0.05) is 12.8 Å². The van der Waals surface area contributed by atoms with E-state index in [0.29, 0.717) is 24.8 Å². The second kappa shape index (κ2) is 4.00. The molecule has 2 saturated carbocycles. The Hall–Kier alpha value is -1.06. The van der Waals surface area contributed by atoms with E-state index in [2.05, 4.69) is 0 Å². The molecule has 0 aromatic carbocycles. The molecule has 0 bridgehead atoms. The van der Waals surface area contributed by atoms with Gasteiger partial charge in [-0.25, -0.2) is 4.79 Å². The highest BCUT2D eigenvalue weighted by Crippen LogP contribution is 2.56. The lowest BCUT2D eigenvalue weighted by atomic mass is 10.0. The molecule has 1 aliphatic heterocycles. The number of carbonyl (C=O) groups excluding carboxylic acids is 1. The number of likely N-dealkylation sites (tertiary alicyclic amines) is 1. The van der Waals surface area contributed by atoms with Crippen LogP contribution in [0.5, 0.6) is 0 Å². The first-order valence-electron chi connectivity index (χ1n) is 6.73. The summed E-state index contributed by atoms with van der Waals surface area (Å²) in [6.07, 6.45) is 6.30. The van der Waals surface area contributed by atoms with Crippen LogP contribution in [0.1, 0.15) is 38.5 Å². The van der Waals surface area contributed by atoms with E-state index in [1.54, 1.807) is 4.90 Å². The Balaban J connectivity index is 1.68. The molecule has 17 heavy (non-hydrogen) atoms. The lowest BCUT2D eigenvalue weighted by Crippen LogP contribution is -2.41. The number of amides is 1. The van der Waals surface area contributed by atoms with E-state index in [1.807, 2.05) is 0 Å². The first kappa shape index (κ1) is 11.1. The van der Waals surface area contributed by atoms with Gasteiger partial charge in [0, 0.05) is 12.5 Å². The molecule has 1 heterocycles. The second-order valence-corrected chi connectivity index (χ2v) is 5.67. The Kier molecular flexibility index (Phi) is 2.60. The summed E-state index contributed by atoms with van der Waals surface area (Å²) < 4.78 is 0. The van der Waals surface area contributed by atoms with Gasteiger partial charge in [-0.05, 0) is 37.5 Å². The maximum atomic E-state index is 12.4. The molecule has 4 nitrogen and oxygen atoms in total. The number of nitrogens with zero attached hydrogens (tertiary/aromatic N) is 1. The van der Waals surface area contributed by atoms with Crippen LogP contribution in [-0.2, 0) is 9.59 Å². The predicted octanol–water partition coefficient (Wildman–Crippen LogP) is 1.50. The molecule has 4 heteroatoms. The highest BCUT2D eigenvalue weighted by atomic mass is 16.4. The van der Waals surface area contributed by atoms with Crippen molar-refractivity contribution in [1.29, 1.82) is 0 Å². The third-order valence-electron chi connectivity index (χ3n) is 4.76. The summed E-state index contributed by atoms with van der Waals surface area (Å²) in [5.74, 6) is 0.612. The summed E-state index contributed by atoms with van der Waals surface area (Å²) in [5, 5.41) is 9.10. The Morgan fingerprint density at radius 3 is 2.24 bits per heavy atom. The summed E-state index contributed by atoms with van der Waals surface area (Å²) in [7, 11) is 0. The number of rotatable bonds is 2. The topological polar surface area (TPSA) is 57.6 Å². The van der Waals surface area contributed by atoms with Gasteiger partial charge in [-0.2, -0.15) is 0 Å². The molecule has 1 saturated heterocycles. The molecule has 3 atom stereocenters. The fraction of sp³-hybridized carbons (Fsp3) is 0.846. The number of aliphatic carboxylic acids is 1. The summed E-state index contributed by atoms with van der Waals surface area (Å²) in [5.41, 5.74) is 0. The number of fused-ring (bicyclic) bond motifs is 1. The highest BCUT2D eigenvalue weighted by molar-refractivity contribution is 5.87. The molecule has 0 spiro atoms. The van der Waals surface area contributed by atoms with Crippen molar-refractivity contribution in [2.45, 2.75) is 44.6 Å². The number of carboxylic acid groups (broad SMARTS) is 1. The van der Waals surface area contributed by atoms with E-state index in [-0.39, 0.29) is 11.8 Å². The first-order chi connectivity index (χ1) is 8.20. The zero-order chi connectivity index (χ0) is 12.0. The largest absolute Gasteiger partial charge is 0.480 e. The van der Waals surface area contributed by atoms with Crippen molar-refractivity contribution >= 4 is 11.9 Å². The molecular formula is C13H19NO3. The SMILES string of the molecule is O=C(O)[C@@H]1CCCN1C(=O)C1C2CCCCC21. The van der Waals surface area contributed by atoms with E-state index >= 15 is 0 Å². The van der Waals surface area contributed by atoms with Gasteiger partial charge >= 0.3 is 5.97 Å². The molecule has 0 aromatic heterocycles. The fourth-order valence-electron chi connectivity index (χ4n) is 3.84. The maximum absolute atomic E-state index is 12.4. The zero-order valence-corrected chi connectivity index (χ0v) is 9.97. The van der Waals surface area contributed by atoms with E-state index in [4.69, 9.17) is 5.11 Å². The maximum Gasteiger partial charge on any atom is 0.326 e. The van der Waals surface area contributed by atoms with Crippen LogP contribution in [-0.4, -0.2) is 34.5 Å². The number of hydrogen-bond donors (Lipinski definition) is 1. The summed E-state index contributed by atoms with van der Waals surface area (Å²) in [6.45, 7) is 0.645. The minimum Gasteiger partial charge on any atom is -0.480 e. The Morgan fingerprint density at radius 2 is 1.65 bits per heavy atom. The van der Waals surface area contributed by atoms with Gasteiger partial charge in [0.15, 0.2) is 0 Å². The molecule has 3 aliphatic rings. The van der Waals surface area contributed by atoms with Crippen LogP contribution in [0.25, 0.3) is 0 Å². The summed E-state index contributed by atoms with van der Waals surface area (Å²) in [6, 6.07) is -0.551. The van der Waals surface area contributed by atoms with Crippen LogP contribution in [0.3, 0.4) is 0 Å². The van der Waals surface area contributed by atoms with Crippen molar-refractivity contribution in [2.24, 2.45) is 17.8 Å². The summed E-state index contributed by atoms with van der Waals surface area (Å²) in [4.78, 5) is 25.1. The Bertz CT molecular complexity index is 343. The van der Waals surface area contributed by atoms with Crippen molar-refractivity contribution in [3.8, 4) is 0 Å². The minimum absolute atomic E-state index is 0.131. The van der Waals surface area contributed by atoms with Gasteiger partial charge in [0.05, 0.1) is 0 Å². The molecule has 2 unspecified atom stereocenters. The lowest BCUT2D eigenvalue weighted by molar-refractivity contribution is -0.149. The first-order valence-corrected chi connectivity index (χ1v) is 6.73. The average molecular weight is 237 g/mol. The van der Waals surface area contributed by atoms with Crippen LogP contribution in [0.15, 0.2) is 0 Å². The highest BCUT2D eigenvalue weighted by Gasteiger charge is 2.57. The fourth-order valence-corrected chi connectivity index (χ4v) is 3.84. The van der Waals surface area contributed by atoms with Gasteiger partial charge < -0.3 is 10.0 Å². The van der Waals surface area contributed by atoms with Gasteiger partial charge in [0.1, 0.15) is 6.04 Å². The zero-order valence-electron chi connectivity index (χ0n) is 9.97. The molecule has 1 N–H and O–H groups in total. The quantitative estimate of drug-likeness (QED) is 0.791. The van der Waals surface area contributed by atoms with Crippen molar-refractivity contribution in [3.63, 3.8) is 0 Å². The standard InChI is InChI=1S/C13H19NO3/c15-12(11-8-4-1-2-5-9(8)11)14-7-3-6-10(14)13(16)17/h8-11H,1-7H2,(H,16,17)/t8?,9?,10-,11?/m0/s1. The van der Waals surface area contributed by atoms with E-state index in [9.17, 15) is 9.59 Å². The third-order valence-corrected chi connectivity index (χ3v) is 4.76. The van der Waals surface area contributed by atoms with Gasteiger partial charge in [-0.15, -0.1) is 0 Å². The molecule has 0 aromatic rings. The lowest BCUT2D eigenvalue weighted by Gasteiger charge is -2.21. The molecule has 3 fully saturated rings. The van der Waals surface area contributed by atoms with Crippen LogP contribution in [0.2, 0.25) is 0 Å². The van der Waals surface area contributed by atoms with Crippen LogP contribution in [0.4, 0.5) is 0 Å². The molecule has 2 aliphatic carbocycles. The third kappa shape index (κ3) is 1.74. The Labute approximate surface area is 101 Å². The predicted molar refractivity (Wildman–Crippen MR) is 61.3 cm³/mol. The average Bonchev–Trinajstić information content (AvgIpc) is 2.83. The monoisotopic (exact) mass is 237 g/mol. The Morgan fingerprint density at radius 1 is 1.00 bits per heavy atom. The van der Waals surface area contributed by atoms with Crippen LogP contribution in [0, 0.1) is 17.8 Å². The second-order valence-electron chi connectivity index (χ2n) is 5.67. The molecule has 0 radical (unpaired) electrons. The molecule has 3 rings (SSSR count). The number of hydrogen-bond acceptors (Lipinski definition) is 2. The number of carboxylic acids is 1. The van der Waals surface area contributed by atoms with Crippen LogP contribution < -0.4 is 0 Å². The summed E-state index contributed by atoms with van der Waals surface area (Å²) >= 11 is 0. The van der Waals surface area contributed by atoms with Crippen LogP contribution >= 0.6 is 0 Å². The van der Waals surface area contributed by atoms with Gasteiger partial charge in [0.25, 0.3) is 0 Å². The molecule has 1 amide bonds. The molecular weight excluding hydrogens is 218 g/mol. The minimum atomic E-state index is -0.834. The van der Waals surface area contributed by atoms with Gasteiger partial charge in [-0.3, -0.25) is 4.79 Å². The van der Waals surface area contributed by atoms with Gasteiger partial charge in [0.2, 0.25) is 5.91 Å². The number of carbonyl (C=O) groups is 2. The van der Waals surface area contributed by atoms with Crippen molar-refractivity contribution in [3.05, 3.63) is 0 Å². The van der Waals surface area contributed by atoms with Crippen molar-refractivity contribution < 1.29 is 14.7 Å². The van der Waals surface area contributed by atoms with Crippen molar-refractivity contribution in [2.75, 3.05) is 6.54 Å². The molecule has 94 valence electrons.